The van der Waals surface area contributed by atoms with Gasteiger partial charge >= 0.3 is 12.0 Å². The summed E-state index contributed by atoms with van der Waals surface area (Å²) in [6.45, 7) is 2.62. The molecule has 122 valence electrons. The van der Waals surface area contributed by atoms with Crippen molar-refractivity contribution in [2.45, 2.75) is 63.2 Å². The number of hydrogen-bond donors (Lipinski definition) is 3. The van der Waals surface area contributed by atoms with Gasteiger partial charge in [0, 0.05) is 24.3 Å². The molecule has 3 N–H and O–H groups in total. The first kappa shape index (κ1) is 18.1. The van der Waals surface area contributed by atoms with E-state index in [1.54, 1.807) is 0 Å². The Morgan fingerprint density at radius 3 is 2.48 bits per heavy atom. The lowest BCUT2D eigenvalue weighted by Crippen LogP contribution is -2.44. The van der Waals surface area contributed by atoms with E-state index in [2.05, 4.69) is 16.9 Å². The summed E-state index contributed by atoms with van der Waals surface area (Å²) >= 11 is 1.92. The number of carbonyl (C=O) groups excluding carboxylic acids is 1. The second-order valence-electron chi connectivity index (χ2n) is 5.94. The molecule has 6 heteroatoms. The first-order chi connectivity index (χ1) is 10.0. The summed E-state index contributed by atoms with van der Waals surface area (Å²) in [5.41, 5.74) is 0. The van der Waals surface area contributed by atoms with E-state index >= 15 is 0 Å². The molecule has 1 aliphatic rings. The van der Waals surface area contributed by atoms with E-state index in [-0.39, 0.29) is 12.5 Å². The monoisotopic (exact) mass is 316 g/mol. The van der Waals surface area contributed by atoms with Gasteiger partial charge in [-0.25, -0.2) is 4.79 Å². The van der Waals surface area contributed by atoms with Crippen LogP contribution >= 0.6 is 11.8 Å². The van der Waals surface area contributed by atoms with Crippen molar-refractivity contribution in [3.63, 3.8) is 0 Å². The van der Waals surface area contributed by atoms with Crippen molar-refractivity contribution in [2.75, 3.05) is 12.8 Å². The van der Waals surface area contributed by atoms with Gasteiger partial charge in [-0.1, -0.05) is 6.92 Å². The predicted molar refractivity (Wildman–Crippen MR) is 86.7 cm³/mol. The third-order valence-electron chi connectivity index (χ3n) is 4.12. The fraction of sp³-hybridized carbons (Fsp3) is 0.867. The molecule has 0 aromatic rings. The van der Waals surface area contributed by atoms with Gasteiger partial charge in [-0.15, -0.1) is 0 Å². The van der Waals surface area contributed by atoms with Crippen LogP contribution in [-0.2, 0) is 4.79 Å². The maximum atomic E-state index is 11.8. The Morgan fingerprint density at radius 1 is 1.24 bits per heavy atom. The van der Waals surface area contributed by atoms with Gasteiger partial charge in [-0.05, 0) is 50.7 Å². The predicted octanol–water partition coefficient (Wildman–Crippen LogP) is 2.85. The zero-order valence-corrected chi connectivity index (χ0v) is 13.9. The lowest BCUT2D eigenvalue weighted by molar-refractivity contribution is -0.137. The van der Waals surface area contributed by atoms with E-state index < -0.39 is 5.97 Å². The van der Waals surface area contributed by atoms with E-state index in [1.807, 2.05) is 18.7 Å². The lowest BCUT2D eigenvalue weighted by Gasteiger charge is -2.28. The zero-order chi connectivity index (χ0) is 15.7. The second-order valence-corrected chi connectivity index (χ2v) is 7.07. The minimum Gasteiger partial charge on any atom is -0.481 e. The van der Waals surface area contributed by atoms with Crippen molar-refractivity contribution in [1.82, 2.24) is 10.6 Å². The van der Waals surface area contributed by atoms with Crippen molar-refractivity contribution in [1.29, 1.82) is 0 Å². The third-order valence-corrected chi connectivity index (χ3v) is 5.25. The number of amides is 2. The van der Waals surface area contributed by atoms with Crippen LogP contribution in [0.5, 0.6) is 0 Å². The lowest BCUT2D eigenvalue weighted by atomic mass is 9.95. The van der Waals surface area contributed by atoms with Gasteiger partial charge < -0.3 is 15.7 Å². The first-order valence-electron chi connectivity index (χ1n) is 7.80. The topological polar surface area (TPSA) is 78.4 Å². The minimum absolute atomic E-state index is 0.0898. The maximum Gasteiger partial charge on any atom is 0.315 e. The van der Waals surface area contributed by atoms with Crippen LogP contribution in [0.4, 0.5) is 4.79 Å². The smallest absolute Gasteiger partial charge is 0.315 e. The normalized spacial score (nSPS) is 23.3. The average molecular weight is 316 g/mol. The van der Waals surface area contributed by atoms with E-state index in [4.69, 9.17) is 5.11 Å². The molecule has 0 saturated heterocycles. The molecule has 0 heterocycles. The number of urea groups is 1. The number of hydrogen-bond acceptors (Lipinski definition) is 3. The Kier molecular flexibility index (Phi) is 8.57. The molecule has 1 saturated carbocycles. The Hall–Kier alpha value is -0.910. The van der Waals surface area contributed by atoms with Crippen molar-refractivity contribution in [2.24, 2.45) is 5.92 Å². The van der Waals surface area contributed by atoms with Gasteiger partial charge in [0.1, 0.15) is 0 Å². The fourth-order valence-electron chi connectivity index (χ4n) is 2.63. The van der Waals surface area contributed by atoms with Crippen LogP contribution in [0.1, 0.15) is 51.9 Å². The van der Waals surface area contributed by atoms with Crippen LogP contribution in [0.25, 0.3) is 0 Å². The molecule has 0 aromatic heterocycles. The van der Waals surface area contributed by atoms with E-state index in [9.17, 15) is 9.59 Å². The van der Waals surface area contributed by atoms with Gasteiger partial charge in [-0.3, -0.25) is 4.79 Å². The molecule has 2 amide bonds. The summed E-state index contributed by atoms with van der Waals surface area (Å²) in [5, 5.41) is 15.3. The van der Waals surface area contributed by atoms with Crippen LogP contribution in [0, 0.1) is 5.92 Å². The maximum absolute atomic E-state index is 11.8. The Labute approximate surface area is 131 Å². The van der Waals surface area contributed by atoms with Gasteiger partial charge in [0.25, 0.3) is 0 Å². The highest BCUT2D eigenvalue weighted by atomic mass is 32.2. The fourth-order valence-corrected chi connectivity index (χ4v) is 3.37. The average Bonchev–Trinajstić information content (AvgIpc) is 2.46. The summed E-state index contributed by atoms with van der Waals surface area (Å²) in [5.74, 6) is -0.438. The number of thioether (sulfide) groups is 1. The molecule has 1 atom stereocenters. The molecule has 0 radical (unpaired) electrons. The summed E-state index contributed by atoms with van der Waals surface area (Å²) in [7, 11) is 0. The number of nitrogens with one attached hydrogen (secondary N) is 2. The molecular formula is C15H28N2O3S. The van der Waals surface area contributed by atoms with Crippen molar-refractivity contribution in [3.05, 3.63) is 0 Å². The molecule has 21 heavy (non-hydrogen) atoms. The first-order valence-corrected chi connectivity index (χ1v) is 9.09. The summed E-state index contributed by atoms with van der Waals surface area (Å²) < 4.78 is 0. The Bertz CT molecular complexity index is 331. The van der Waals surface area contributed by atoms with E-state index in [0.29, 0.717) is 24.9 Å². The van der Waals surface area contributed by atoms with E-state index in [1.165, 1.54) is 12.8 Å². The van der Waals surface area contributed by atoms with Gasteiger partial charge in [-0.2, -0.15) is 11.8 Å². The molecule has 1 unspecified atom stereocenters. The quantitative estimate of drug-likeness (QED) is 0.643. The highest BCUT2D eigenvalue weighted by Gasteiger charge is 2.21. The Morgan fingerprint density at radius 2 is 1.90 bits per heavy atom. The standard InChI is InChI=1S/C15H28N2O3S/c1-11(3-8-14(18)19)9-10-16-15(20)17-12-4-6-13(21-2)7-5-12/h11-13H,3-10H2,1-2H3,(H,18,19)(H2,16,17,20). The van der Waals surface area contributed by atoms with Crippen LogP contribution < -0.4 is 10.6 Å². The highest BCUT2D eigenvalue weighted by molar-refractivity contribution is 7.99. The molecule has 1 aliphatic carbocycles. The molecule has 1 rings (SSSR count). The minimum atomic E-state index is -0.756. The number of carbonyl (C=O) groups is 2. The van der Waals surface area contributed by atoms with Crippen LogP contribution in [-0.4, -0.2) is 41.2 Å². The second kappa shape index (κ2) is 9.92. The molecular weight excluding hydrogens is 288 g/mol. The molecule has 0 aliphatic heterocycles. The van der Waals surface area contributed by atoms with Gasteiger partial charge in [0.15, 0.2) is 0 Å². The summed E-state index contributed by atoms with van der Waals surface area (Å²) in [4.78, 5) is 22.3. The van der Waals surface area contributed by atoms with Crippen molar-refractivity contribution in [3.8, 4) is 0 Å². The molecule has 0 aromatic carbocycles. The van der Waals surface area contributed by atoms with E-state index in [0.717, 1.165) is 24.5 Å². The number of aliphatic carboxylic acids is 1. The largest absolute Gasteiger partial charge is 0.481 e. The van der Waals surface area contributed by atoms with Gasteiger partial charge in [0.05, 0.1) is 0 Å². The summed E-state index contributed by atoms with van der Waals surface area (Å²) in [6, 6.07) is 0.214. The molecule has 5 nitrogen and oxygen atoms in total. The molecule has 1 fully saturated rings. The Balaban J connectivity index is 2.07. The molecule has 0 spiro atoms. The number of carboxylic acids is 1. The van der Waals surface area contributed by atoms with Crippen molar-refractivity contribution < 1.29 is 14.7 Å². The number of carboxylic acid groups (broad SMARTS) is 1. The SMILES string of the molecule is CSC1CCC(NC(=O)NCCC(C)CCC(=O)O)CC1. The van der Waals surface area contributed by atoms with Crippen molar-refractivity contribution >= 4 is 23.8 Å². The third kappa shape index (κ3) is 8.19. The number of rotatable bonds is 8. The molecule has 0 bridgehead atoms. The highest BCUT2D eigenvalue weighted by Crippen LogP contribution is 2.26. The summed E-state index contributed by atoms with van der Waals surface area (Å²) in [6.07, 6.45) is 8.32. The van der Waals surface area contributed by atoms with Crippen LogP contribution in [0.2, 0.25) is 0 Å². The zero-order valence-electron chi connectivity index (χ0n) is 13.1. The van der Waals surface area contributed by atoms with Crippen LogP contribution in [0.15, 0.2) is 0 Å². The van der Waals surface area contributed by atoms with Gasteiger partial charge in [0.2, 0.25) is 0 Å². The van der Waals surface area contributed by atoms with Crippen LogP contribution in [0.3, 0.4) is 0 Å².